The second-order valence-corrected chi connectivity index (χ2v) is 3.23. The predicted molar refractivity (Wildman–Crippen MR) is 67.5 cm³/mol. The molecule has 0 spiro atoms. The van der Waals surface area contributed by atoms with E-state index in [1.807, 2.05) is 6.92 Å². The molecule has 0 aromatic heterocycles. The van der Waals surface area contributed by atoms with Crippen molar-refractivity contribution in [3.8, 4) is 0 Å². The van der Waals surface area contributed by atoms with Crippen LogP contribution < -0.4 is 0 Å². The van der Waals surface area contributed by atoms with Crippen LogP contribution in [0, 0.1) is 0 Å². The van der Waals surface area contributed by atoms with Crippen LogP contribution >= 0.6 is 0 Å². The van der Waals surface area contributed by atoms with E-state index in [0.29, 0.717) is 45.9 Å². The normalized spacial score (nSPS) is 9.56. The van der Waals surface area contributed by atoms with Crippen LogP contribution in [-0.2, 0) is 23.7 Å². The first-order valence-electron chi connectivity index (χ1n) is 6.05. The molecule has 6 heteroatoms. The van der Waals surface area contributed by atoms with Crippen LogP contribution in [0.2, 0.25) is 0 Å². The molecule has 0 aliphatic rings. The fourth-order valence-electron chi connectivity index (χ4n) is 0.881. The van der Waals surface area contributed by atoms with Gasteiger partial charge < -0.3 is 24.1 Å². The Morgan fingerprint density at radius 1 is 1.06 bits per heavy atom. The molecule has 0 aliphatic heterocycles. The van der Waals surface area contributed by atoms with Gasteiger partial charge in [-0.15, -0.1) is 0 Å². The zero-order chi connectivity index (χ0) is 14.1. The third-order valence-electron chi connectivity index (χ3n) is 1.72. The Morgan fingerprint density at radius 3 is 2.17 bits per heavy atom. The Balaban J connectivity index is 0. The molecule has 110 valence electrons. The molecule has 0 amide bonds. The highest BCUT2D eigenvalue weighted by Crippen LogP contribution is 1.92. The number of aliphatic hydroxyl groups excluding tert-OH is 1. The van der Waals surface area contributed by atoms with Gasteiger partial charge in [0, 0.05) is 33.9 Å². The number of aliphatic hydroxyl groups is 1. The molecule has 0 heterocycles. The van der Waals surface area contributed by atoms with Gasteiger partial charge in [0.2, 0.25) is 0 Å². The average molecular weight is 266 g/mol. The van der Waals surface area contributed by atoms with E-state index < -0.39 is 0 Å². The number of carbonyl (C=O) groups excluding carboxylic acids is 1. The molecule has 0 bridgehead atoms. The van der Waals surface area contributed by atoms with Gasteiger partial charge >= 0.3 is 5.97 Å². The molecule has 0 radical (unpaired) electrons. The summed E-state index contributed by atoms with van der Waals surface area (Å²) < 4.78 is 19.0. The first kappa shape index (κ1) is 19.6. The number of rotatable bonds is 10. The second-order valence-electron chi connectivity index (χ2n) is 3.23. The van der Waals surface area contributed by atoms with Crippen molar-refractivity contribution in [2.24, 2.45) is 0 Å². The van der Waals surface area contributed by atoms with Crippen LogP contribution in [0.25, 0.3) is 0 Å². The van der Waals surface area contributed by atoms with Gasteiger partial charge in [-0.1, -0.05) is 0 Å². The van der Waals surface area contributed by atoms with Crippen molar-refractivity contribution >= 4 is 5.97 Å². The maximum absolute atomic E-state index is 10.9. The van der Waals surface area contributed by atoms with E-state index in [0.717, 1.165) is 0 Å². The van der Waals surface area contributed by atoms with Gasteiger partial charge in [0.1, 0.15) is 6.61 Å². The highest BCUT2D eigenvalue weighted by atomic mass is 16.6. The Kier molecular flexibility index (Phi) is 20.4. The SMILES string of the molecule is CCOCCO.COCCCC(=O)OCCOC. The van der Waals surface area contributed by atoms with Gasteiger partial charge in [-0.25, -0.2) is 0 Å². The molecule has 0 saturated heterocycles. The van der Waals surface area contributed by atoms with Crippen molar-refractivity contribution in [2.45, 2.75) is 19.8 Å². The molecule has 0 unspecified atom stereocenters. The summed E-state index contributed by atoms with van der Waals surface area (Å²) in [6.07, 6.45) is 1.12. The van der Waals surface area contributed by atoms with Gasteiger partial charge in [0.05, 0.1) is 19.8 Å². The molecule has 18 heavy (non-hydrogen) atoms. The lowest BCUT2D eigenvalue weighted by Gasteiger charge is -2.02. The maximum atomic E-state index is 10.9. The van der Waals surface area contributed by atoms with Crippen molar-refractivity contribution < 1.29 is 28.8 Å². The molecule has 0 saturated carbocycles. The fourth-order valence-corrected chi connectivity index (χ4v) is 0.881. The van der Waals surface area contributed by atoms with Gasteiger partial charge in [0.15, 0.2) is 0 Å². The number of ether oxygens (including phenoxy) is 4. The molecule has 6 nitrogen and oxygen atoms in total. The summed E-state index contributed by atoms with van der Waals surface area (Å²) in [5.41, 5.74) is 0. The second kappa shape index (κ2) is 18.7. The monoisotopic (exact) mass is 266 g/mol. The molecule has 0 atom stereocenters. The largest absolute Gasteiger partial charge is 0.463 e. The first-order valence-corrected chi connectivity index (χ1v) is 6.05. The summed E-state index contributed by atoms with van der Waals surface area (Å²) >= 11 is 0. The van der Waals surface area contributed by atoms with Crippen molar-refractivity contribution in [3.05, 3.63) is 0 Å². The molecule has 0 aromatic carbocycles. The summed E-state index contributed by atoms with van der Waals surface area (Å²) in [6.45, 7) is 4.58. The molecular formula is C12H26O6. The van der Waals surface area contributed by atoms with Crippen LogP contribution in [-0.4, -0.2) is 64.9 Å². The lowest BCUT2D eigenvalue weighted by atomic mass is 10.3. The van der Waals surface area contributed by atoms with Crippen molar-refractivity contribution in [2.75, 3.05) is 53.9 Å². The van der Waals surface area contributed by atoms with Gasteiger partial charge in [0.25, 0.3) is 0 Å². The van der Waals surface area contributed by atoms with Gasteiger partial charge in [-0.3, -0.25) is 4.79 Å². The first-order chi connectivity index (χ1) is 8.72. The summed E-state index contributed by atoms with van der Waals surface area (Å²) in [5, 5.41) is 8.07. The number of methoxy groups -OCH3 is 2. The van der Waals surface area contributed by atoms with Crippen molar-refractivity contribution in [1.82, 2.24) is 0 Å². The number of esters is 1. The predicted octanol–water partition coefficient (Wildman–Crippen LogP) is 0.618. The van der Waals surface area contributed by atoms with Gasteiger partial charge in [-0.05, 0) is 13.3 Å². The minimum Gasteiger partial charge on any atom is -0.463 e. The van der Waals surface area contributed by atoms with E-state index in [1.165, 1.54) is 0 Å². The summed E-state index contributed by atoms with van der Waals surface area (Å²) in [4.78, 5) is 10.9. The minimum atomic E-state index is -0.191. The average Bonchev–Trinajstić information content (AvgIpc) is 2.38. The van der Waals surface area contributed by atoms with E-state index in [2.05, 4.69) is 0 Å². The van der Waals surface area contributed by atoms with E-state index in [-0.39, 0.29) is 12.6 Å². The molecule has 0 aliphatic carbocycles. The number of hydrogen-bond acceptors (Lipinski definition) is 6. The number of hydrogen-bond donors (Lipinski definition) is 1. The lowest BCUT2D eigenvalue weighted by Crippen LogP contribution is -2.09. The molecule has 1 N–H and O–H groups in total. The zero-order valence-corrected chi connectivity index (χ0v) is 11.6. The van der Waals surface area contributed by atoms with Crippen LogP contribution in [0.15, 0.2) is 0 Å². The quantitative estimate of drug-likeness (QED) is 0.461. The number of carbonyl (C=O) groups is 1. The Labute approximate surface area is 109 Å². The van der Waals surface area contributed by atoms with E-state index in [1.54, 1.807) is 14.2 Å². The topological polar surface area (TPSA) is 74.2 Å². The summed E-state index contributed by atoms with van der Waals surface area (Å²) in [7, 11) is 3.18. The van der Waals surface area contributed by atoms with Crippen LogP contribution in [0.5, 0.6) is 0 Å². The molecule has 0 aromatic rings. The van der Waals surface area contributed by atoms with Crippen LogP contribution in [0.3, 0.4) is 0 Å². The standard InChI is InChI=1S/C8H16O4.C4H10O2/c1-10-5-3-4-8(9)12-7-6-11-2;1-2-6-4-3-5/h3-7H2,1-2H3;5H,2-4H2,1H3. The van der Waals surface area contributed by atoms with Crippen LogP contribution in [0.1, 0.15) is 19.8 Å². The van der Waals surface area contributed by atoms with Crippen LogP contribution in [0.4, 0.5) is 0 Å². The van der Waals surface area contributed by atoms with Crippen molar-refractivity contribution in [3.63, 3.8) is 0 Å². The maximum Gasteiger partial charge on any atom is 0.305 e. The minimum absolute atomic E-state index is 0.133. The van der Waals surface area contributed by atoms with E-state index in [9.17, 15) is 4.79 Å². The van der Waals surface area contributed by atoms with Crippen molar-refractivity contribution in [1.29, 1.82) is 0 Å². The third-order valence-corrected chi connectivity index (χ3v) is 1.72. The Morgan fingerprint density at radius 2 is 1.72 bits per heavy atom. The highest BCUT2D eigenvalue weighted by Gasteiger charge is 2.00. The molecule has 0 fully saturated rings. The fraction of sp³-hybridized carbons (Fsp3) is 0.917. The Bertz CT molecular complexity index is 147. The summed E-state index contributed by atoms with van der Waals surface area (Å²) in [5.74, 6) is -0.191. The molecule has 0 rings (SSSR count). The van der Waals surface area contributed by atoms with E-state index >= 15 is 0 Å². The summed E-state index contributed by atoms with van der Waals surface area (Å²) in [6, 6.07) is 0. The third kappa shape index (κ3) is 20.7. The smallest absolute Gasteiger partial charge is 0.305 e. The highest BCUT2D eigenvalue weighted by molar-refractivity contribution is 5.69. The molecular weight excluding hydrogens is 240 g/mol. The van der Waals surface area contributed by atoms with E-state index in [4.69, 9.17) is 24.1 Å². The lowest BCUT2D eigenvalue weighted by molar-refractivity contribution is -0.145. The van der Waals surface area contributed by atoms with Gasteiger partial charge in [-0.2, -0.15) is 0 Å². The zero-order valence-electron chi connectivity index (χ0n) is 11.6. The Hall–Kier alpha value is -0.690.